The molecule has 0 aliphatic carbocycles. The number of ether oxygens (including phenoxy) is 1. The van der Waals surface area contributed by atoms with Gasteiger partial charge in [0.1, 0.15) is 5.75 Å². The largest absolute Gasteiger partial charge is 0.434 e. The summed E-state index contributed by atoms with van der Waals surface area (Å²) in [7, 11) is 1.68. The Kier molecular flexibility index (Phi) is 11.2. The Bertz CT molecular complexity index is 607. The van der Waals surface area contributed by atoms with E-state index in [1.165, 1.54) is 25.0 Å². The maximum Gasteiger partial charge on any atom is 0.387 e. The quantitative estimate of drug-likeness (QED) is 0.312. The number of alkyl halides is 2. The predicted molar refractivity (Wildman–Crippen MR) is 117 cm³/mol. The second-order valence-electron chi connectivity index (χ2n) is 6.39. The van der Waals surface area contributed by atoms with Crippen LogP contribution in [0.3, 0.4) is 0 Å². The van der Waals surface area contributed by atoms with E-state index in [1.54, 1.807) is 13.1 Å². The third-order valence-electron chi connectivity index (χ3n) is 4.38. The average molecular weight is 517 g/mol. The van der Waals surface area contributed by atoms with E-state index in [9.17, 15) is 8.78 Å². The number of halogens is 4. The topological polar surface area (TPSA) is 48.9 Å². The molecular formula is C18H28ClF2IN4O. The van der Waals surface area contributed by atoms with Crippen molar-refractivity contribution in [2.75, 3.05) is 33.2 Å². The Labute approximate surface area is 181 Å². The summed E-state index contributed by atoms with van der Waals surface area (Å²) >= 11 is 5.97. The van der Waals surface area contributed by atoms with Gasteiger partial charge in [0.2, 0.25) is 0 Å². The van der Waals surface area contributed by atoms with Gasteiger partial charge in [-0.15, -0.1) is 24.0 Å². The molecule has 1 aliphatic heterocycles. The van der Waals surface area contributed by atoms with Crippen molar-refractivity contribution >= 4 is 41.5 Å². The molecule has 1 aromatic carbocycles. The van der Waals surface area contributed by atoms with Crippen molar-refractivity contribution in [2.45, 2.75) is 32.9 Å². The fourth-order valence-electron chi connectivity index (χ4n) is 3.14. The highest BCUT2D eigenvalue weighted by Gasteiger charge is 2.21. The lowest BCUT2D eigenvalue weighted by Gasteiger charge is -2.18. The molecule has 1 unspecified atom stereocenters. The van der Waals surface area contributed by atoms with Crippen LogP contribution in [0.5, 0.6) is 5.75 Å². The Morgan fingerprint density at radius 1 is 1.41 bits per heavy atom. The molecule has 0 amide bonds. The summed E-state index contributed by atoms with van der Waals surface area (Å²) in [5.41, 5.74) is 0.552. The van der Waals surface area contributed by atoms with E-state index >= 15 is 0 Å². The average Bonchev–Trinajstić information content (AvgIpc) is 3.05. The van der Waals surface area contributed by atoms with Crippen molar-refractivity contribution in [1.82, 2.24) is 15.5 Å². The number of benzene rings is 1. The first kappa shape index (κ1) is 24.2. The molecule has 0 saturated carbocycles. The molecule has 1 fully saturated rings. The molecule has 27 heavy (non-hydrogen) atoms. The van der Waals surface area contributed by atoms with E-state index in [0.29, 0.717) is 22.5 Å². The van der Waals surface area contributed by atoms with E-state index in [2.05, 4.69) is 32.2 Å². The second-order valence-corrected chi connectivity index (χ2v) is 6.83. The molecule has 0 bridgehead atoms. The number of nitrogens with zero attached hydrogens (tertiary/aromatic N) is 2. The number of hydrogen-bond donors (Lipinski definition) is 2. The standard InChI is InChI=1S/C18H27ClF2N4O.HI/c1-3-7-25-8-6-13(12-25)10-23-18(22-2)24-11-14-9-15(19)4-5-16(14)26-17(20)21;/h4-5,9,13,17H,3,6-8,10-12H2,1-2H3,(H2,22,23,24);1H. The lowest BCUT2D eigenvalue weighted by molar-refractivity contribution is -0.0504. The van der Waals surface area contributed by atoms with Gasteiger partial charge in [-0.3, -0.25) is 4.99 Å². The molecular weight excluding hydrogens is 489 g/mol. The van der Waals surface area contributed by atoms with Crippen LogP contribution in [0.2, 0.25) is 5.02 Å². The van der Waals surface area contributed by atoms with Gasteiger partial charge < -0.3 is 20.3 Å². The molecule has 2 N–H and O–H groups in total. The summed E-state index contributed by atoms with van der Waals surface area (Å²) in [6.07, 6.45) is 2.34. The number of rotatable bonds is 8. The lowest BCUT2D eigenvalue weighted by Crippen LogP contribution is -2.40. The summed E-state index contributed by atoms with van der Waals surface area (Å²) in [6, 6.07) is 4.58. The normalized spacial score (nSPS) is 17.7. The van der Waals surface area contributed by atoms with Crippen LogP contribution in [-0.2, 0) is 6.54 Å². The first-order valence-electron chi connectivity index (χ1n) is 8.92. The van der Waals surface area contributed by atoms with E-state index in [4.69, 9.17) is 11.6 Å². The van der Waals surface area contributed by atoms with Crippen LogP contribution < -0.4 is 15.4 Å². The molecule has 1 aromatic rings. The van der Waals surface area contributed by atoms with Crippen molar-refractivity contribution < 1.29 is 13.5 Å². The highest BCUT2D eigenvalue weighted by Crippen LogP contribution is 2.24. The molecule has 2 rings (SSSR count). The number of likely N-dealkylation sites (tertiary alicyclic amines) is 1. The van der Waals surface area contributed by atoms with E-state index < -0.39 is 6.61 Å². The fourth-order valence-corrected chi connectivity index (χ4v) is 3.33. The third-order valence-corrected chi connectivity index (χ3v) is 4.61. The van der Waals surface area contributed by atoms with Gasteiger partial charge in [0.15, 0.2) is 5.96 Å². The van der Waals surface area contributed by atoms with Gasteiger partial charge in [-0.1, -0.05) is 18.5 Å². The summed E-state index contributed by atoms with van der Waals surface area (Å²) < 4.78 is 29.6. The van der Waals surface area contributed by atoms with Gasteiger partial charge in [0.25, 0.3) is 0 Å². The Hall–Kier alpha value is -0.870. The fraction of sp³-hybridized carbons (Fsp3) is 0.611. The zero-order valence-electron chi connectivity index (χ0n) is 15.7. The maximum absolute atomic E-state index is 12.5. The van der Waals surface area contributed by atoms with Gasteiger partial charge in [0, 0.05) is 37.3 Å². The summed E-state index contributed by atoms with van der Waals surface area (Å²) in [5, 5.41) is 6.90. The molecule has 1 saturated heterocycles. The van der Waals surface area contributed by atoms with E-state index in [0.717, 1.165) is 26.2 Å². The third kappa shape index (κ3) is 8.35. The summed E-state index contributed by atoms with van der Waals surface area (Å²) in [4.78, 5) is 6.67. The first-order valence-corrected chi connectivity index (χ1v) is 9.29. The summed E-state index contributed by atoms with van der Waals surface area (Å²) in [6.45, 7) is 3.82. The molecule has 0 radical (unpaired) electrons. The minimum absolute atomic E-state index is 0. The van der Waals surface area contributed by atoms with Crippen molar-refractivity contribution in [1.29, 1.82) is 0 Å². The monoisotopic (exact) mass is 516 g/mol. The van der Waals surface area contributed by atoms with Crippen LogP contribution in [0.25, 0.3) is 0 Å². The van der Waals surface area contributed by atoms with Crippen molar-refractivity contribution in [3.63, 3.8) is 0 Å². The number of aliphatic imine (C=N–C) groups is 1. The molecule has 1 aliphatic rings. The lowest BCUT2D eigenvalue weighted by atomic mass is 10.1. The number of nitrogens with one attached hydrogen (secondary N) is 2. The van der Waals surface area contributed by atoms with Crippen LogP contribution in [0.4, 0.5) is 8.78 Å². The highest BCUT2D eigenvalue weighted by molar-refractivity contribution is 14.0. The van der Waals surface area contributed by atoms with E-state index in [-0.39, 0.29) is 36.3 Å². The minimum atomic E-state index is -2.87. The smallest absolute Gasteiger partial charge is 0.387 e. The van der Waals surface area contributed by atoms with Crippen molar-refractivity contribution in [2.24, 2.45) is 10.9 Å². The Balaban J connectivity index is 0.00000364. The molecule has 9 heteroatoms. The highest BCUT2D eigenvalue weighted by atomic mass is 127. The first-order chi connectivity index (χ1) is 12.5. The van der Waals surface area contributed by atoms with Crippen molar-refractivity contribution in [3.8, 4) is 5.75 Å². The van der Waals surface area contributed by atoms with Crippen molar-refractivity contribution in [3.05, 3.63) is 28.8 Å². The molecule has 5 nitrogen and oxygen atoms in total. The van der Waals surface area contributed by atoms with Gasteiger partial charge in [0.05, 0.1) is 0 Å². The molecule has 1 heterocycles. The van der Waals surface area contributed by atoms with Crippen LogP contribution in [-0.4, -0.2) is 50.7 Å². The molecule has 0 aromatic heterocycles. The van der Waals surface area contributed by atoms with Crippen LogP contribution in [0, 0.1) is 5.92 Å². The minimum Gasteiger partial charge on any atom is -0.434 e. The Morgan fingerprint density at radius 2 is 2.19 bits per heavy atom. The van der Waals surface area contributed by atoms with Crippen LogP contribution in [0.1, 0.15) is 25.3 Å². The number of hydrogen-bond acceptors (Lipinski definition) is 3. The predicted octanol–water partition coefficient (Wildman–Crippen LogP) is 3.96. The molecule has 0 spiro atoms. The summed E-state index contributed by atoms with van der Waals surface area (Å²) in [5.74, 6) is 1.32. The zero-order valence-corrected chi connectivity index (χ0v) is 18.8. The van der Waals surface area contributed by atoms with E-state index in [1.807, 2.05) is 0 Å². The van der Waals surface area contributed by atoms with Crippen LogP contribution in [0.15, 0.2) is 23.2 Å². The Morgan fingerprint density at radius 3 is 2.85 bits per heavy atom. The van der Waals surface area contributed by atoms with Gasteiger partial charge in [-0.25, -0.2) is 0 Å². The second kappa shape index (κ2) is 12.6. The SMILES string of the molecule is CCCN1CCC(CNC(=NC)NCc2cc(Cl)ccc2OC(F)F)C1.I. The van der Waals surface area contributed by atoms with Gasteiger partial charge in [-0.05, 0) is 50.0 Å². The van der Waals surface area contributed by atoms with Crippen LogP contribution >= 0.6 is 35.6 Å². The zero-order chi connectivity index (χ0) is 18.9. The molecule has 154 valence electrons. The van der Waals surface area contributed by atoms with Gasteiger partial charge in [-0.2, -0.15) is 8.78 Å². The van der Waals surface area contributed by atoms with Gasteiger partial charge >= 0.3 is 6.61 Å². The molecule has 1 atom stereocenters. The maximum atomic E-state index is 12.5. The number of guanidine groups is 1.